The average Bonchev–Trinajstić information content (AvgIpc) is 2.77. The van der Waals surface area contributed by atoms with Gasteiger partial charge < -0.3 is 20.5 Å². The third-order valence-electron chi connectivity index (χ3n) is 3.51. The molecule has 2 unspecified atom stereocenters. The number of fused-ring (bicyclic) bond motifs is 1. The van der Waals surface area contributed by atoms with Gasteiger partial charge in [-0.1, -0.05) is 12.2 Å². The minimum absolute atomic E-state index is 0.0338. The van der Waals surface area contributed by atoms with Gasteiger partial charge in [-0.3, -0.25) is 0 Å². The standard InChI is InChI=1S/C16H24N2O2/c1-10(2)9-18-14(8-17)13-7-15-12(5-11(3)20-15)6-16(13)19-4/h6-7,11,14,18H,1,5,8-9,17H2,2-4H3. The normalized spacial score (nSPS) is 18.3. The van der Waals surface area contributed by atoms with Gasteiger partial charge in [-0.05, 0) is 26.0 Å². The van der Waals surface area contributed by atoms with Gasteiger partial charge in [0, 0.05) is 36.7 Å². The third-order valence-corrected chi connectivity index (χ3v) is 3.51. The van der Waals surface area contributed by atoms with Crippen molar-refractivity contribution in [3.05, 3.63) is 35.4 Å². The molecule has 1 aliphatic heterocycles. The van der Waals surface area contributed by atoms with Crippen LogP contribution < -0.4 is 20.5 Å². The molecule has 2 atom stereocenters. The van der Waals surface area contributed by atoms with Gasteiger partial charge in [-0.15, -0.1) is 0 Å². The van der Waals surface area contributed by atoms with E-state index >= 15 is 0 Å². The van der Waals surface area contributed by atoms with E-state index in [2.05, 4.69) is 31.0 Å². The molecule has 0 aliphatic carbocycles. The SMILES string of the molecule is C=C(C)CNC(CN)c1cc2c(cc1OC)CC(C)O2. The first-order valence-electron chi connectivity index (χ1n) is 7.00. The molecule has 1 aliphatic rings. The highest BCUT2D eigenvalue weighted by Crippen LogP contribution is 2.37. The number of ether oxygens (including phenoxy) is 2. The molecule has 1 aromatic rings. The topological polar surface area (TPSA) is 56.5 Å². The molecule has 1 heterocycles. The zero-order chi connectivity index (χ0) is 14.7. The van der Waals surface area contributed by atoms with Crippen molar-refractivity contribution in [1.82, 2.24) is 5.32 Å². The van der Waals surface area contributed by atoms with Crippen molar-refractivity contribution >= 4 is 0 Å². The number of hydrogen-bond acceptors (Lipinski definition) is 4. The summed E-state index contributed by atoms with van der Waals surface area (Å²) in [6.07, 6.45) is 1.16. The summed E-state index contributed by atoms with van der Waals surface area (Å²) >= 11 is 0. The van der Waals surface area contributed by atoms with Gasteiger partial charge in [0.2, 0.25) is 0 Å². The van der Waals surface area contributed by atoms with Crippen LogP contribution in [0.1, 0.15) is 31.0 Å². The molecule has 0 saturated carbocycles. The second-order valence-electron chi connectivity index (χ2n) is 5.46. The van der Waals surface area contributed by atoms with Gasteiger partial charge in [0.05, 0.1) is 7.11 Å². The molecule has 110 valence electrons. The largest absolute Gasteiger partial charge is 0.496 e. The predicted molar refractivity (Wildman–Crippen MR) is 81.4 cm³/mol. The van der Waals surface area contributed by atoms with E-state index in [4.69, 9.17) is 15.2 Å². The van der Waals surface area contributed by atoms with Gasteiger partial charge in [0.15, 0.2) is 0 Å². The number of nitrogens with two attached hydrogens (primary N) is 1. The molecule has 0 saturated heterocycles. The van der Waals surface area contributed by atoms with Gasteiger partial charge in [-0.2, -0.15) is 0 Å². The molecule has 0 bridgehead atoms. The van der Waals surface area contributed by atoms with Crippen LogP contribution in [-0.2, 0) is 6.42 Å². The van der Waals surface area contributed by atoms with E-state index in [0.717, 1.165) is 35.6 Å². The second kappa shape index (κ2) is 6.29. The zero-order valence-corrected chi connectivity index (χ0v) is 12.5. The molecule has 0 fully saturated rings. The summed E-state index contributed by atoms with van der Waals surface area (Å²) in [6.45, 7) is 9.21. The van der Waals surface area contributed by atoms with Crippen LogP contribution in [0.25, 0.3) is 0 Å². The molecule has 0 aromatic heterocycles. The highest BCUT2D eigenvalue weighted by molar-refractivity contribution is 5.50. The average molecular weight is 276 g/mol. The highest BCUT2D eigenvalue weighted by Gasteiger charge is 2.24. The Morgan fingerprint density at radius 3 is 2.95 bits per heavy atom. The predicted octanol–water partition coefficient (Wildman–Crippen LogP) is 2.18. The first-order valence-corrected chi connectivity index (χ1v) is 7.00. The van der Waals surface area contributed by atoms with E-state index in [9.17, 15) is 0 Å². The van der Waals surface area contributed by atoms with E-state index in [1.165, 1.54) is 5.56 Å². The van der Waals surface area contributed by atoms with Crippen LogP contribution in [0, 0.1) is 0 Å². The van der Waals surface area contributed by atoms with Gasteiger partial charge in [0.25, 0.3) is 0 Å². The maximum atomic E-state index is 5.90. The van der Waals surface area contributed by atoms with E-state index in [0.29, 0.717) is 6.54 Å². The molecule has 3 N–H and O–H groups in total. The minimum atomic E-state index is 0.0338. The molecule has 4 nitrogen and oxygen atoms in total. The summed E-state index contributed by atoms with van der Waals surface area (Å²) < 4.78 is 11.3. The summed E-state index contributed by atoms with van der Waals surface area (Å²) in [5.41, 5.74) is 9.22. The van der Waals surface area contributed by atoms with Crippen LogP contribution in [0.15, 0.2) is 24.3 Å². The smallest absolute Gasteiger partial charge is 0.124 e. The Labute approximate surface area is 121 Å². The fourth-order valence-electron chi connectivity index (χ4n) is 2.52. The lowest BCUT2D eigenvalue weighted by atomic mass is 10.0. The second-order valence-corrected chi connectivity index (χ2v) is 5.46. The van der Waals surface area contributed by atoms with Crippen LogP contribution in [-0.4, -0.2) is 26.3 Å². The first-order chi connectivity index (χ1) is 9.55. The number of methoxy groups -OCH3 is 1. The molecule has 0 radical (unpaired) electrons. The van der Waals surface area contributed by atoms with Crippen molar-refractivity contribution < 1.29 is 9.47 Å². The van der Waals surface area contributed by atoms with Crippen molar-refractivity contribution in [2.24, 2.45) is 5.73 Å². The van der Waals surface area contributed by atoms with Crippen LogP contribution >= 0.6 is 0 Å². The van der Waals surface area contributed by atoms with Crippen molar-refractivity contribution in [3.63, 3.8) is 0 Å². The van der Waals surface area contributed by atoms with Crippen LogP contribution in [0.3, 0.4) is 0 Å². The number of rotatable bonds is 6. The third kappa shape index (κ3) is 3.14. The van der Waals surface area contributed by atoms with Crippen LogP contribution in [0.2, 0.25) is 0 Å². The first kappa shape index (κ1) is 14.9. The summed E-state index contributed by atoms with van der Waals surface area (Å²) in [5.74, 6) is 1.81. The fourth-order valence-corrected chi connectivity index (χ4v) is 2.52. The quantitative estimate of drug-likeness (QED) is 0.782. The summed E-state index contributed by atoms with van der Waals surface area (Å²) in [7, 11) is 1.69. The number of hydrogen-bond donors (Lipinski definition) is 2. The van der Waals surface area contributed by atoms with Crippen molar-refractivity contribution in [2.45, 2.75) is 32.4 Å². The Morgan fingerprint density at radius 1 is 1.60 bits per heavy atom. The lowest BCUT2D eigenvalue weighted by Crippen LogP contribution is -2.29. The minimum Gasteiger partial charge on any atom is -0.496 e. The van der Waals surface area contributed by atoms with E-state index in [1.807, 2.05) is 6.92 Å². The Morgan fingerprint density at radius 2 is 2.35 bits per heavy atom. The van der Waals surface area contributed by atoms with Gasteiger partial charge in [0.1, 0.15) is 17.6 Å². The van der Waals surface area contributed by atoms with Gasteiger partial charge >= 0.3 is 0 Å². The highest BCUT2D eigenvalue weighted by atomic mass is 16.5. The van der Waals surface area contributed by atoms with Crippen LogP contribution in [0.4, 0.5) is 0 Å². The molecular formula is C16H24N2O2. The monoisotopic (exact) mass is 276 g/mol. The van der Waals surface area contributed by atoms with E-state index in [1.54, 1.807) is 7.11 Å². The maximum Gasteiger partial charge on any atom is 0.124 e. The zero-order valence-electron chi connectivity index (χ0n) is 12.5. The molecule has 0 amide bonds. The fraction of sp³-hybridized carbons (Fsp3) is 0.500. The van der Waals surface area contributed by atoms with E-state index < -0.39 is 0 Å². The van der Waals surface area contributed by atoms with Crippen molar-refractivity contribution in [2.75, 3.05) is 20.2 Å². The molecular weight excluding hydrogens is 252 g/mol. The molecule has 0 spiro atoms. The lowest BCUT2D eigenvalue weighted by Gasteiger charge is -2.21. The summed E-state index contributed by atoms with van der Waals surface area (Å²) in [4.78, 5) is 0. The van der Waals surface area contributed by atoms with Crippen molar-refractivity contribution in [3.8, 4) is 11.5 Å². The summed E-state index contributed by atoms with van der Waals surface area (Å²) in [6, 6.07) is 4.16. The molecule has 2 rings (SSSR count). The van der Waals surface area contributed by atoms with Crippen molar-refractivity contribution in [1.29, 1.82) is 0 Å². The lowest BCUT2D eigenvalue weighted by molar-refractivity contribution is 0.254. The van der Waals surface area contributed by atoms with E-state index in [-0.39, 0.29) is 12.1 Å². The van der Waals surface area contributed by atoms with Crippen LogP contribution in [0.5, 0.6) is 11.5 Å². The van der Waals surface area contributed by atoms with Gasteiger partial charge in [-0.25, -0.2) is 0 Å². The Bertz CT molecular complexity index is 499. The molecule has 1 aromatic carbocycles. The molecule has 20 heavy (non-hydrogen) atoms. The number of nitrogens with one attached hydrogen (secondary N) is 1. The maximum absolute atomic E-state index is 5.90. The Hall–Kier alpha value is -1.52. The molecule has 4 heteroatoms. The number of benzene rings is 1. The Kier molecular flexibility index (Phi) is 4.68. The summed E-state index contributed by atoms with van der Waals surface area (Å²) in [5, 5.41) is 3.40. The Balaban J connectivity index is 2.29.